The minimum Gasteiger partial charge on any atom is -0.349 e. The van der Waals surface area contributed by atoms with E-state index in [4.69, 9.17) is 16.6 Å². The Morgan fingerprint density at radius 1 is 1.00 bits per heavy atom. The van der Waals surface area contributed by atoms with Gasteiger partial charge in [-0.15, -0.1) is 0 Å². The first kappa shape index (κ1) is 17.6. The summed E-state index contributed by atoms with van der Waals surface area (Å²) in [7, 11) is 2.02. The summed E-state index contributed by atoms with van der Waals surface area (Å²) in [6.45, 7) is 2.17. The molecule has 1 unspecified atom stereocenters. The van der Waals surface area contributed by atoms with Gasteiger partial charge in [0.1, 0.15) is 0 Å². The summed E-state index contributed by atoms with van der Waals surface area (Å²) in [5.41, 5.74) is 3.30. The number of fused-ring (bicyclic) bond motifs is 1. The molecule has 0 spiro atoms. The quantitative estimate of drug-likeness (QED) is 0.434. The minimum atomic E-state index is 0.188. The number of halogens is 1. The van der Waals surface area contributed by atoms with Crippen molar-refractivity contribution in [2.24, 2.45) is 7.05 Å². The maximum absolute atomic E-state index is 6.02. The van der Waals surface area contributed by atoms with Crippen molar-refractivity contribution >= 4 is 28.3 Å². The summed E-state index contributed by atoms with van der Waals surface area (Å²) >= 11 is 6.02. The van der Waals surface area contributed by atoms with Gasteiger partial charge in [0.2, 0.25) is 5.95 Å². The summed E-state index contributed by atoms with van der Waals surface area (Å²) in [6, 6.07) is 23.0. The van der Waals surface area contributed by atoms with Crippen LogP contribution in [0, 0.1) is 0 Å². The largest absolute Gasteiger partial charge is 0.349 e. The highest BCUT2D eigenvalue weighted by atomic mass is 35.5. The van der Waals surface area contributed by atoms with Crippen molar-refractivity contribution in [3.05, 3.63) is 83.5 Å². The lowest BCUT2D eigenvalue weighted by Crippen LogP contribution is -2.12. The van der Waals surface area contributed by atoms with Crippen LogP contribution in [0.1, 0.15) is 24.9 Å². The van der Waals surface area contributed by atoms with E-state index in [1.807, 2.05) is 23.7 Å². The highest BCUT2D eigenvalue weighted by Gasteiger charge is 2.14. The first-order valence-electron chi connectivity index (χ1n) is 9.18. The molecular formula is C23H22ClN3. The van der Waals surface area contributed by atoms with Crippen molar-refractivity contribution in [3.63, 3.8) is 0 Å². The lowest BCUT2D eigenvalue weighted by atomic mass is 10.1. The molecule has 0 fully saturated rings. The first-order chi connectivity index (χ1) is 13.1. The summed E-state index contributed by atoms with van der Waals surface area (Å²) in [5, 5.41) is 6.79. The minimum absolute atomic E-state index is 0.188. The third-order valence-corrected chi connectivity index (χ3v) is 5.16. The molecule has 0 saturated heterocycles. The Bertz CT molecular complexity index is 1070. The number of nitrogens with zero attached hydrogens (tertiary/aromatic N) is 2. The average molecular weight is 376 g/mol. The average Bonchev–Trinajstić information content (AvgIpc) is 3.07. The number of nitrogens with one attached hydrogen (secondary N) is 1. The van der Waals surface area contributed by atoms with Crippen LogP contribution in [0.3, 0.4) is 0 Å². The summed E-state index contributed by atoms with van der Waals surface area (Å²) in [6.07, 6.45) is 3.03. The topological polar surface area (TPSA) is 29.9 Å². The molecule has 3 aromatic carbocycles. The fourth-order valence-electron chi connectivity index (χ4n) is 3.36. The summed E-state index contributed by atoms with van der Waals surface area (Å²) < 4.78 is 2.04. The zero-order chi connectivity index (χ0) is 18.8. The number of aromatic nitrogens is 2. The van der Waals surface area contributed by atoms with Crippen molar-refractivity contribution in [3.8, 4) is 11.3 Å². The lowest BCUT2D eigenvalue weighted by molar-refractivity contribution is 0.727. The SMILES string of the molecule is CCC(Nc1nc(-c2ccc3ccccc3c2)cn1C)c1ccc(Cl)cc1. The third kappa shape index (κ3) is 3.69. The van der Waals surface area contributed by atoms with Gasteiger partial charge in [-0.2, -0.15) is 0 Å². The normalized spacial score (nSPS) is 12.3. The molecule has 4 rings (SSSR count). The Morgan fingerprint density at radius 3 is 2.48 bits per heavy atom. The van der Waals surface area contributed by atoms with Crippen molar-refractivity contribution in [2.45, 2.75) is 19.4 Å². The van der Waals surface area contributed by atoms with Crippen LogP contribution in [0.25, 0.3) is 22.0 Å². The molecule has 0 aliphatic rings. The molecule has 0 amide bonds. The van der Waals surface area contributed by atoms with Gasteiger partial charge in [-0.05, 0) is 41.0 Å². The van der Waals surface area contributed by atoms with Crippen LogP contribution in [-0.4, -0.2) is 9.55 Å². The molecule has 1 atom stereocenters. The molecular weight excluding hydrogens is 354 g/mol. The number of rotatable bonds is 5. The summed E-state index contributed by atoms with van der Waals surface area (Å²) in [4.78, 5) is 4.84. The van der Waals surface area contributed by atoms with Crippen LogP contribution in [0.15, 0.2) is 72.9 Å². The van der Waals surface area contributed by atoms with Gasteiger partial charge in [-0.1, -0.05) is 67.1 Å². The molecule has 1 N–H and O–H groups in total. The van der Waals surface area contributed by atoms with E-state index in [2.05, 4.69) is 73.0 Å². The molecule has 0 bridgehead atoms. The van der Waals surface area contributed by atoms with Gasteiger partial charge in [0.25, 0.3) is 0 Å². The number of imidazole rings is 1. The highest BCUT2D eigenvalue weighted by Crippen LogP contribution is 2.27. The Morgan fingerprint density at radius 2 is 1.74 bits per heavy atom. The van der Waals surface area contributed by atoms with Crippen molar-refractivity contribution < 1.29 is 0 Å². The van der Waals surface area contributed by atoms with Crippen LogP contribution in [0.5, 0.6) is 0 Å². The van der Waals surface area contributed by atoms with E-state index >= 15 is 0 Å². The molecule has 0 aliphatic carbocycles. The van der Waals surface area contributed by atoms with E-state index in [1.165, 1.54) is 16.3 Å². The second kappa shape index (κ2) is 7.45. The third-order valence-electron chi connectivity index (χ3n) is 4.91. The number of aryl methyl sites for hydroxylation is 1. The molecule has 4 heteroatoms. The van der Waals surface area contributed by atoms with Crippen molar-refractivity contribution in [1.82, 2.24) is 9.55 Å². The number of hydrogen-bond acceptors (Lipinski definition) is 2. The molecule has 0 saturated carbocycles. The fraction of sp³-hybridized carbons (Fsp3) is 0.174. The van der Waals surface area contributed by atoms with E-state index in [1.54, 1.807) is 0 Å². The maximum atomic E-state index is 6.02. The fourth-order valence-corrected chi connectivity index (χ4v) is 3.49. The zero-order valence-corrected chi connectivity index (χ0v) is 16.2. The smallest absolute Gasteiger partial charge is 0.203 e. The Balaban J connectivity index is 1.62. The molecule has 27 heavy (non-hydrogen) atoms. The molecule has 1 heterocycles. The lowest BCUT2D eigenvalue weighted by Gasteiger charge is -2.18. The monoisotopic (exact) mass is 375 g/mol. The summed E-state index contributed by atoms with van der Waals surface area (Å²) in [5.74, 6) is 0.861. The van der Waals surface area contributed by atoms with Crippen LogP contribution in [-0.2, 0) is 7.05 Å². The first-order valence-corrected chi connectivity index (χ1v) is 9.56. The Kier molecular flexibility index (Phi) is 4.87. The number of anilines is 1. The van der Waals surface area contributed by atoms with Crippen LogP contribution < -0.4 is 5.32 Å². The molecule has 1 aromatic heterocycles. The van der Waals surface area contributed by atoms with Gasteiger partial charge in [0.05, 0.1) is 11.7 Å². The Labute approximate surface area is 164 Å². The van der Waals surface area contributed by atoms with Crippen LogP contribution >= 0.6 is 11.6 Å². The van der Waals surface area contributed by atoms with Gasteiger partial charge in [0, 0.05) is 23.8 Å². The number of hydrogen-bond donors (Lipinski definition) is 1. The van der Waals surface area contributed by atoms with Gasteiger partial charge in [0.15, 0.2) is 0 Å². The van der Waals surface area contributed by atoms with Crippen LogP contribution in [0.2, 0.25) is 5.02 Å². The second-order valence-corrected chi connectivity index (χ2v) is 7.22. The standard InChI is InChI=1S/C23H22ClN3/c1-3-21(17-10-12-20(24)13-11-17)25-23-26-22(15-27(23)2)19-9-8-16-6-4-5-7-18(16)14-19/h4-15,21H,3H2,1-2H3,(H,25,26). The Hall–Kier alpha value is -2.78. The zero-order valence-electron chi connectivity index (χ0n) is 15.5. The predicted molar refractivity (Wildman–Crippen MR) is 114 cm³/mol. The molecule has 4 aromatic rings. The van der Waals surface area contributed by atoms with Gasteiger partial charge < -0.3 is 9.88 Å². The highest BCUT2D eigenvalue weighted by molar-refractivity contribution is 6.30. The van der Waals surface area contributed by atoms with Crippen molar-refractivity contribution in [2.75, 3.05) is 5.32 Å². The predicted octanol–water partition coefficient (Wildman–Crippen LogP) is 6.46. The second-order valence-electron chi connectivity index (χ2n) is 6.78. The van der Waals surface area contributed by atoms with E-state index < -0.39 is 0 Å². The number of benzene rings is 3. The molecule has 0 aliphatic heterocycles. The van der Waals surface area contributed by atoms with Crippen molar-refractivity contribution in [1.29, 1.82) is 0 Å². The van der Waals surface area contributed by atoms with Gasteiger partial charge in [-0.25, -0.2) is 4.98 Å². The van der Waals surface area contributed by atoms with E-state index in [0.29, 0.717) is 0 Å². The molecule has 136 valence electrons. The molecule has 0 radical (unpaired) electrons. The van der Waals surface area contributed by atoms with E-state index in [9.17, 15) is 0 Å². The van der Waals surface area contributed by atoms with Gasteiger partial charge in [-0.3, -0.25) is 0 Å². The molecule has 3 nitrogen and oxygen atoms in total. The maximum Gasteiger partial charge on any atom is 0.203 e. The van der Waals surface area contributed by atoms with E-state index in [0.717, 1.165) is 28.6 Å². The van der Waals surface area contributed by atoms with Crippen LogP contribution in [0.4, 0.5) is 5.95 Å². The van der Waals surface area contributed by atoms with Gasteiger partial charge >= 0.3 is 0 Å². The van der Waals surface area contributed by atoms with E-state index in [-0.39, 0.29) is 6.04 Å².